The molecule has 1 nitrogen and oxygen atoms in total. The van der Waals surface area contributed by atoms with Crippen LogP contribution in [0.25, 0.3) is 0 Å². The Bertz CT molecular complexity index is 456. The molecule has 0 bridgehead atoms. The summed E-state index contributed by atoms with van der Waals surface area (Å²) in [6.45, 7) is 2.25. The average Bonchev–Trinajstić information content (AvgIpc) is 3.03. The minimum absolute atomic E-state index is 0.218. The van der Waals surface area contributed by atoms with Crippen LogP contribution in [0.1, 0.15) is 12.8 Å². The molecule has 1 saturated heterocycles. The van der Waals surface area contributed by atoms with Crippen molar-refractivity contribution in [2.45, 2.75) is 12.8 Å². The van der Waals surface area contributed by atoms with Crippen LogP contribution >= 0.6 is 0 Å². The van der Waals surface area contributed by atoms with Crippen molar-refractivity contribution in [3.63, 3.8) is 0 Å². The van der Waals surface area contributed by atoms with E-state index >= 15 is 0 Å². The molecule has 4 heteroatoms. The second-order valence-corrected chi connectivity index (χ2v) is 7.46. The molecule has 0 saturated carbocycles. The molecule has 104 valence electrons. The molecule has 1 aliphatic rings. The van der Waals surface area contributed by atoms with Gasteiger partial charge in [0.15, 0.2) is 0 Å². The van der Waals surface area contributed by atoms with Crippen molar-refractivity contribution in [3.05, 3.63) is 60.2 Å². The Labute approximate surface area is 124 Å². The van der Waals surface area contributed by atoms with Gasteiger partial charge in [0.1, 0.15) is 13.2 Å². The molecular formula is C16H17F2GeO+. The van der Waals surface area contributed by atoms with Crippen LogP contribution in [0.5, 0.6) is 0 Å². The summed E-state index contributed by atoms with van der Waals surface area (Å²) in [7, 11) is 0. The van der Waals surface area contributed by atoms with Crippen molar-refractivity contribution in [1.82, 2.24) is 0 Å². The van der Waals surface area contributed by atoms with E-state index in [4.69, 9.17) is 0 Å². The maximum atomic E-state index is 12.6. The third-order valence-corrected chi connectivity index (χ3v) is 5.47. The Balaban J connectivity index is 0.000000247. The standard InChI is InChI=1S/C12H8F2Ge.C4H8O/c13-9-1-5-11(6-2-9)15-12-7-3-10(14)4-8-12;1-2-4-5-3-1/h1-8H;1-4H2/p+1. The van der Waals surface area contributed by atoms with Gasteiger partial charge in [0, 0.05) is 12.8 Å². The monoisotopic (exact) mass is 337 g/mol. The topological polar surface area (TPSA) is 12.8 Å². The van der Waals surface area contributed by atoms with Gasteiger partial charge in [0.05, 0.1) is 0 Å². The second kappa shape index (κ2) is 8.17. The van der Waals surface area contributed by atoms with E-state index in [1.54, 1.807) is 24.3 Å². The quantitative estimate of drug-likeness (QED) is 0.587. The van der Waals surface area contributed by atoms with Crippen LogP contribution in [0.2, 0.25) is 0 Å². The van der Waals surface area contributed by atoms with Gasteiger partial charge in [-0.1, -0.05) is 0 Å². The molecule has 0 spiro atoms. The van der Waals surface area contributed by atoms with Crippen LogP contribution in [-0.2, 0) is 0 Å². The van der Waals surface area contributed by atoms with Crippen molar-refractivity contribution in [1.29, 1.82) is 0 Å². The summed E-state index contributed by atoms with van der Waals surface area (Å²) in [5, 5.41) is 0. The Morgan fingerprint density at radius 2 is 1.10 bits per heavy atom. The van der Waals surface area contributed by atoms with Crippen molar-refractivity contribution >= 4 is 24.2 Å². The zero-order valence-corrected chi connectivity index (χ0v) is 13.2. The SMILES string of the molecule is C1CC[OH+]C1.Fc1cc[c]([Ge][c]2ccc(F)cc2)cc1. The zero-order chi connectivity index (χ0) is 14.2. The Kier molecular flexibility index (Phi) is 6.21. The molecule has 3 rings (SSSR count). The van der Waals surface area contributed by atoms with E-state index in [0.717, 1.165) is 22.0 Å². The van der Waals surface area contributed by atoms with Gasteiger partial charge in [0.25, 0.3) is 0 Å². The van der Waals surface area contributed by atoms with Gasteiger partial charge in [-0.15, -0.1) is 0 Å². The van der Waals surface area contributed by atoms with Crippen LogP contribution < -0.4 is 8.79 Å². The molecule has 0 atom stereocenters. The van der Waals surface area contributed by atoms with Crippen molar-refractivity contribution in [2.24, 2.45) is 0 Å². The number of aliphatic hydroxyl groups is 2. The van der Waals surface area contributed by atoms with E-state index in [9.17, 15) is 8.78 Å². The van der Waals surface area contributed by atoms with Gasteiger partial charge in [-0.2, -0.15) is 0 Å². The fraction of sp³-hybridized carbons (Fsp3) is 0.250. The first-order chi connectivity index (χ1) is 9.74. The van der Waals surface area contributed by atoms with E-state index in [1.165, 1.54) is 37.1 Å². The Hall–Kier alpha value is -1.20. The van der Waals surface area contributed by atoms with Crippen LogP contribution in [0.4, 0.5) is 8.78 Å². The third kappa shape index (κ3) is 5.43. The molecule has 2 aromatic carbocycles. The fourth-order valence-electron chi connectivity index (χ4n) is 1.79. The van der Waals surface area contributed by atoms with E-state index < -0.39 is 15.4 Å². The summed E-state index contributed by atoms with van der Waals surface area (Å²) in [6.07, 6.45) is 2.67. The third-order valence-electron chi connectivity index (χ3n) is 2.86. The van der Waals surface area contributed by atoms with Crippen LogP contribution in [-0.4, -0.2) is 33.4 Å². The summed E-state index contributed by atoms with van der Waals surface area (Å²) in [4.78, 5) is 0. The van der Waals surface area contributed by atoms with E-state index in [-0.39, 0.29) is 11.6 Å². The molecule has 0 aliphatic carbocycles. The Morgan fingerprint density at radius 3 is 1.40 bits per heavy atom. The van der Waals surface area contributed by atoms with E-state index in [0.29, 0.717) is 0 Å². The summed E-state index contributed by atoms with van der Waals surface area (Å²) in [6, 6.07) is 13.0. The molecule has 1 fully saturated rings. The van der Waals surface area contributed by atoms with E-state index in [1.807, 2.05) is 0 Å². The number of halogens is 2. The number of benzene rings is 2. The molecule has 0 aromatic heterocycles. The molecule has 20 heavy (non-hydrogen) atoms. The molecule has 1 N–H and O–H groups in total. The number of rotatable bonds is 2. The molecule has 0 amide bonds. The Morgan fingerprint density at radius 1 is 0.700 bits per heavy atom. The number of ether oxygens (including phenoxy) is 1. The van der Waals surface area contributed by atoms with Gasteiger partial charge < -0.3 is 4.74 Å². The van der Waals surface area contributed by atoms with Crippen molar-refractivity contribution in [2.75, 3.05) is 13.2 Å². The molecule has 0 unspecified atom stereocenters. The maximum absolute atomic E-state index is 12.6. The molecule has 1 aliphatic heterocycles. The van der Waals surface area contributed by atoms with Gasteiger partial charge in [-0.3, -0.25) is 0 Å². The first-order valence-electron chi connectivity index (χ1n) is 6.65. The fourth-order valence-corrected chi connectivity index (χ4v) is 3.89. The van der Waals surface area contributed by atoms with Crippen LogP contribution in [0, 0.1) is 11.6 Å². The number of hydrogen-bond acceptors (Lipinski definition) is 0. The molecule has 2 radical (unpaired) electrons. The van der Waals surface area contributed by atoms with Crippen molar-refractivity contribution < 1.29 is 13.5 Å². The predicted molar refractivity (Wildman–Crippen MR) is 79.0 cm³/mol. The average molecular weight is 336 g/mol. The van der Waals surface area contributed by atoms with Crippen LogP contribution in [0.3, 0.4) is 0 Å². The predicted octanol–water partition coefficient (Wildman–Crippen LogP) is 1.93. The normalized spacial score (nSPS) is 13.7. The summed E-state index contributed by atoms with van der Waals surface area (Å²) >= 11 is -0.470. The van der Waals surface area contributed by atoms with Gasteiger partial charge in [-0.25, -0.2) is 0 Å². The minimum atomic E-state index is -0.470. The summed E-state index contributed by atoms with van der Waals surface area (Å²) in [5.74, 6) is -0.436. The molecule has 2 aromatic rings. The van der Waals surface area contributed by atoms with E-state index in [2.05, 4.69) is 4.74 Å². The first kappa shape index (κ1) is 15.2. The zero-order valence-electron chi connectivity index (χ0n) is 11.2. The van der Waals surface area contributed by atoms with Gasteiger partial charge in [-0.05, 0) is 0 Å². The van der Waals surface area contributed by atoms with Gasteiger partial charge in [0.2, 0.25) is 0 Å². The molecular weight excluding hydrogens is 319 g/mol. The van der Waals surface area contributed by atoms with Crippen LogP contribution in [0.15, 0.2) is 48.5 Å². The number of hydrogen-bond donors (Lipinski definition) is 0. The second-order valence-electron chi connectivity index (χ2n) is 4.52. The van der Waals surface area contributed by atoms with Crippen molar-refractivity contribution in [3.8, 4) is 0 Å². The summed E-state index contributed by atoms with van der Waals surface area (Å²) in [5.41, 5.74) is 0. The van der Waals surface area contributed by atoms with Gasteiger partial charge >= 0.3 is 93.2 Å². The first-order valence-corrected chi connectivity index (χ1v) is 8.75. The molecule has 1 heterocycles. The summed E-state index contributed by atoms with van der Waals surface area (Å²) < 4.78 is 31.7.